The number of phenols is 1. The highest BCUT2D eigenvalue weighted by Gasteiger charge is 2.49. The molecular formula is C25H25NO7S. The van der Waals surface area contributed by atoms with Crippen LogP contribution in [0.15, 0.2) is 58.3 Å². The summed E-state index contributed by atoms with van der Waals surface area (Å²) in [6.45, 7) is 1.75. The van der Waals surface area contributed by atoms with E-state index in [0.717, 1.165) is 4.88 Å². The number of hydrogen-bond acceptors (Lipinski definition) is 9. The van der Waals surface area contributed by atoms with E-state index in [9.17, 15) is 19.5 Å². The van der Waals surface area contributed by atoms with Crippen molar-refractivity contribution in [3.05, 3.63) is 68.7 Å². The smallest absolute Gasteiger partial charge is 0.336 e. The van der Waals surface area contributed by atoms with Crippen LogP contribution in [0.2, 0.25) is 0 Å². The van der Waals surface area contributed by atoms with E-state index in [4.69, 9.17) is 14.2 Å². The Morgan fingerprint density at radius 2 is 1.91 bits per heavy atom. The molecule has 1 aliphatic heterocycles. The van der Waals surface area contributed by atoms with Crippen molar-refractivity contribution < 1.29 is 33.7 Å². The van der Waals surface area contributed by atoms with Crippen molar-refractivity contribution in [2.24, 2.45) is 5.92 Å². The Bertz CT molecular complexity index is 1210. The number of rotatable bonds is 5. The first kappa shape index (κ1) is 23.6. The van der Waals surface area contributed by atoms with E-state index < -0.39 is 35.5 Å². The molecule has 0 saturated heterocycles. The van der Waals surface area contributed by atoms with E-state index in [1.807, 2.05) is 17.5 Å². The lowest BCUT2D eigenvalue weighted by molar-refractivity contribution is -0.149. The number of esters is 2. The number of carbonyl (C=O) groups excluding carboxylic acids is 3. The van der Waals surface area contributed by atoms with Crippen molar-refractivity contribution in [1.82, 2.24) is 5.32 Å². The third-order valence-electron chi connectivity index (χ3n) is 6.33. The highest BCUT2D eigenvalue weighted by atomic mass is 32.1. The Morgan fingerprint density at radius 1 is 1.15 bits per heavy atom. The van der Waals surface area contributed by atoms with Crippen molar-refractivity contribution in [2.75, 3.05) is 21.3 Å². The zero-order valence-corrected chi connectivity index (χ0v) is 20.0. The zero-order valence-electron chi connectivity index (χ0n) is 19.2. The molecule has 0 radical (unpaired) electrons. The molecule has 0 unspecified atom stereocenters. The van der Waals surface area contributed by atoms with Gasteiger partial charge < -0.3 is 24.6 Å². The molecule has 8 nitrogen and oxygen atoms in total. The standard InChI is InChI=1S/C25H25NO7S/c1-12-19(24(29)32-3)20(13-7-8-16(27)17(10-13)31-2)22-15(26-12)11-14(18-6-5-9-34-18)21(23(22)28)25(30)33-4/h5-10,14,20-21,26-27H,11H2,1-4H3/t14-,20+,21+/m1/s1. The van der Waals surface area contributed by atoms with Crippen molar-refractivity contribution in [2.45, 2.75) is 25.2 Å². The lowest BCUT2D eigenvalue weighted by Gasteiger charge is -2.39. The average molecular weight is 484 g/mol. The molecule has 1 aromatic carbocycles. The summed E-state index contributed by atoms with van der Waals surface area (Å²) in [5, 5.41) is 15.2. The highest BCUT2D eigenvalue weighted by molar-refractivity contribution is 7.10. The van der Waals surface area contributed by atoms with Crippen LogP contribution in [-0.2, 0) is 23.9 Å². The average Bonchev–Trinajstić information content (AvgIpc) is 3.37. The number of dihydropyridines is 1. The van der Waals surface area contributed by atoms with E-state index in [1.54, 1.807) is 19.1 Å². The molecule has 2 N–H and O–H groups in total. The molecule has 0 amide bonds. The summed E-state index contributed by atoms with van der Waals surface area (Å²) >= 11 is 1.48. The number of hydrogen-bond donors (Lipinski definition) is 2. The van der Waals surface area contributed by atoms with Gasteiger partial charge in [-0.25, -0.2) is 4.79 Å². The third-order valence-corrected chi connectivity index (χ3v) is 7.33. The van der Waals surface area contributed by atoms with Gasteiger partial charge in [0.15, 0.2) is 17.3 Å². The molecule has 4 rings (SSSR count). The normalized spacial score (nSPS) is 22.1. The van der Waals surface area contributed by atoms with Gasteiger partial charge in [-0.2, -0.15) is 0 Å². The minimum absolute atomic E-state index is 0.0742. The Hall–Kier alpha value is -3.59. The molecular weight excluding hydrogens is 458 g/mol. The fraction of sp³-hybridized carbons (Fsp3) is 0.320. The van der Waals surface area contributed by atoms with Gasteiger partial charge in [0.1, 0.15) is 5.92 Å². The molecule has 1 aliphatic carbocycles. The number of benzene rings is 1. The second-order valence-corrected chi connectivity index (χ2v) is 9.08. The van der Waals surface area contributed by atoms with E-state index in [0.29, 0.717) is 29.0 Å². The number of phenolic OH excluding ortho intramolecular Hbond substituents is 1. The van der Waals surface area contributed by atoms with Gasteiger partial charge in [0.05, 0.1) is 26.9 Å². The van der Waals surface area contributed by atoms with Crippen LogP contribution in [0, 0.1) is 5.92 Å². The minimum Gasteiger partial charge on any atom is -0.504 e. The second-order valence-electron chi connectivity index (χ2n) is 8.10. The lowest BCUT2D eigenvalue weighted by Crippen LogP contribution is -2.43. The maximum Gasteiger partial charge on any atom is 0.336 e. The van der Waals surface area contributed by atoms with Crippen LogP contribution in [0.3, 0.4) is 0 Å². The van der Waals surface area contributed by atoms with Gasteiger partial charge in [-0.1, -0.05) is 12.1 Å². The van der Waals surface area contributed by atoms with Gasteiger partial charge >= 0.3 is 11.9 Å². The van der Waals surface area contributed by atoms with Crippen LogP contribution in [0.25, 0.3) is 0 Å². The first-order valence-corrected chi connectivity index (χ1v) is 11.5. The lowest BCUT2D eigenvalue weighted by atomic mass is 9.68. The predicted octanol–water partition coefficient (Wildman–Crippen LogP) is 3.40. The van der Waals surface area contributed by atoms with Gasteiger partial charge in [-0.3, -0.25) is 9.59 Å². The van der Waals surface area contributed by atoms with Gasteiger partial charge in [0.25, 0.3) is 0 Å². The Labute approximate surface area is 200 Å². The second kappa shape index (κ2) is 9.34. The topological polar surface area (TPSA) is 111 Å². The summed E-state index contributed by atoms with van der Waals surface area (Å²) in [5.74, 6) is -3.78. The number of aromatic hydroxyl groups is 1. The summed E-state index contributed by atoms with van der Waals surface area (Å²) in [4.78, 5) is 40.6. The summed E-state index contributed by atoms with van der Waals surface area (Å²) in [6.07, 6.45) is 0.388. The van der Waals surface area contributed by atoms with E-state index in [1.165, 1.54) is 38.7 Å². The summed E-state index contributed by atoms with van der Waals surface area (Å²) in [7, 11) is 3.95. The SMILES string of the molecule is COC(=O)C1=C(C)NC2=C(C(=O)[C@@H](C(=O)OC)[C@@H](c3cccs3)C2)[C@H]1c1ccc(O)c(OC)c1. The van der Waals surface area contributed by atoms with Gasteiger partial charge in [-0.15, -0.1) is 11.3 Å². The number of allylic oxidation sites excluding steroid dienone is 3. The molecule has 1 aromatic heterocycles. The molecule has 0 bridgehead atoms. The number of Topliss-reactive ketones (excluding diaryl/α,β-unsaturated/α-hetero) is 1. The maximum absolute atomic E-state index is 14.0. The zero-order chi connectivity index (χ0) is 24.6. The molecule has 2 aliphatic rings. The van der Waals surface area contributed by atoms with Crippen molar-refractivity contribution in [1.29, 1.82) is 0 Å². The van der Waals surface area contributed by atoms with Crippen molar-refractivity contribution in [3.63, 3.8) is 0 Å². The van der Waals surface area contributed by atoms with Gasteiger partial charge in [0, 0.05) is 33.7 Å². The first-order chi connectivity index (χ1) is 16.3. The Kier molecular flexibility index (Phi) is 6.47. The largest absolute Gasteiger partial charge is 0.504 e. The molecule has 3 atom stereocenters. The third kappa shape index (κ3) is 3.86. The first-order valence-electron chi connectivity index (χ1n) is 10.6. The molecule has 2 aromatic rings. The van der Waals surface area contributed by atoms with Crippen molar-refractivity contribution in [3.8, 4) is 11.5 Å². The Balaban J connectivity index is 1.93. The number of thiophene rings is 1. The molecule has 178 valence electrons. The molecule has 0 saturated carbocycles. The minimum atomic E-state index is -1.05. The highest BCUT2D eigenvalue weighted by Crippen LogP contribution is 2.49. The van der Waals surface area contributed by atoms with Crippen LogP contribution in [0.1, 0.15) is 35.6 Å². The van der Waals surface area contributed by atoms with E-state index in [2.05, 4.69) is 5.32 Å². The number of nitrogens with one attached hydrogen (secondary N) is 1. The predicted molar refractivity (Wildman–Crippen MR) is 124 cm³/mol. The van der Waals surface area contributed by atoms with Crippen LogP contribution >= 0.6 is 11.3 Å². The van der Waals surface area contributed by atoms with Crippen LogP contribution < -0.4 is 10.1 Å². The molecule has 0 fully saturated rings. The number of methoxy groups -OCH3 is 3. The Morgan fingerprint density at radius 3 is 2.53 bits per heavy atom. The number of carbonyl (C=O) groups is 3. The van der Waals surface area contributed by atoms with Gasteiger partial charge in [-0.05, 0) is 42.5 Å². The fourth-order valence-electron chi connectivity index (χ4n) is 4.79. The summed E-state index contributed by atoms with van der Waals surface area (Å²) in [6, 6.07) is 8.43. The molecule has 9 heteroatoms. The number of ketones is 1. The maximum atomic E-state index is 14.0. The molecule has 2 heterocycles. The monoisotopic (exact) mass is 483 g/mol. The molecule has 34 heavy (non-hydrogen) atoms. The van der Waals surface area contributed by atoms with Crippen molar-refractivity contribution >= 4 is 29.1 Å². The van der Waals surface area contributed by atoms with Crippen LogP contribution in [0.5, 0.6) is 11.5 Å². The summed E-state index contributed by atoms with van der Waals surface area (Å²) < 4.78 is 15.3. The number of ether oxygens (including phenoxy) is 3. The molecule has 0 spiro atoms. The van der Waals surface area contributed by atoms with Crippen LogP contribution in [-0.4, -0.2) is 44.2 Å². The van der Waals surface area contributed by atoms with Crippen LogP contribution in [0.4, 0.5) is 0 Å². The quantitative estimate of drug-likeness (QED) is 0.492. The van der Waals surface area contributed by atoms with E-state index >= 15 is 0 Å². The fourth-order valence-corrected chi connectivity index (χ4v) is 5.66. The summed E-state index contributed by atoms with van der Waals surface area (Å²) in [5.41, 5.74) is 2.31. The van der Waals surface area contributed by atoms with E-state index in [-0.39, 0.29) is 17.1 Å². The van der Waals surface area contributed by atoms with Gasteiger partial charge in [0.2, 0.25) is 0 Å².